The van der Waals surface area contributed by atoms with Crippen molar-refractivity contribution in [2.75, 3.05) is 6.61 Å². The van der Waals surface area contributed by atoms with Gasteiger partial charge in [-0.2, -0.15) is 0 Å². The zero-order valence-corrected chi connectivity index (χ0v) is 12.5. The molecule has 0 radical (unpaired) electrons. The van der Waals surface area contributed by atoms with Crippen LogP contribution in [-0.2, 0) is 16.0 Å². The van der Waals surface area contributed by atoms with Gasteiger partial charge in [-0.1, -0.05) is 12.9 Å². The molecule has 3 rings (SSSR count). The fourth-order valence-electron chi connectivity index (χ4n) is 2.37. The minimum Gasteiger partial charge on any atom is -0.461 e. The van der Waals surface area contributed by atoms with Gasteiger partial charge in [-0.05, 0) is 42.2 Å². The first-order valence-electron chi connectivity index (χ1n) is 7.23. The van der Waals surface area contributed by atoms with Gasteiger partial charge in [0, 0.05) is 0 Å². The van der Waals surface area contributed by atoms with Crippen LogP contribution in [0.25, 0.3) is 0 Å². The fourth-order valence-corrected chi connectivity index (χ4v) is 2.37. The lowest BCUT2D eigenvalue weighted by molar-refractivity contribution is 0.0519. The normalized spacial score (nSPS) is 12.9. The number of pyridine rings is 1. The van der Waals surface area contributed by atoms with Crippen molar-refractivity contribution in [1.82, 2.24) is 4.98 Å². The molecule has 5 nitrogen and oxygen atoms in total. The number of hydrogen-bond donors (Lipinski definition) is 0. The fraction of sp³-hybridized carbons (Fsp3) is 0.250. The highest BCUT2D eigenvalue weighted by Crippen LogP contribution is 2.23. The Labute approximate surface area is 129 Å². The molecule has 0 fully saturated rings. The molecule has 0 aliphatic carbocycles. The van der Waals surface area contributed by atoms with Crippen molar-refractivity contribution in [3.63, 3.8) is 0 Å². The second-order valence-electron chi connectivity index (χ2n) is 5.02. The molecule has 0 saturated carbocycles. The van der Waals surface area contributed by atoms with Gasteiger partial charge in [-0.15, -0.1) is 0 Å². The number of hydrogen-bond acceptors (Lipinski definition) is 5. The zero-order chi connectivity index (χ0) is 15.5. The van der Waals surface area contributed by atoms with Crippen LogP contribution < -0.4 is 10.2 Å². The van der Waals surface area contributed by atoms with E-state index >= 15 is 0 Å². The second kappa shape index (κ2) is 6.19. The maximum atomic E-state index is 11.5. The molecule has 1 aromatic carbocycles. The Morgan fingerprint density at radius 2 is 2.14 bits per heavy atom. The minimum atomic E-state index is -0.433. The Morgan fingerprint density at radius 3 is 2.86 bits per heavy atom. The molecule has 2 aromatic rings. The van der Waals surface area contributed by atoms with Gasteiger partial charge in [-0.25, -0.2) is 9.78 Å². The van der Waals surface area contributed by atoms with E-state index < -0.39 is 5.97 Å². The molecule has 0 saturated heterocycles. The van der Waals surface area contributed by atoms with Crippen molar-refractivity contribution in [1.29, 1.82) is 0 Å². The van der Waals surface area contributed by atoms with Crippen LogP contribution in [0.1, 0.15) is 23.0 Å². The average molecular weight is 297 g/mol. The molecule has 1 aliphatic rings. The van der Waals surface area contributed by atoms with Gasteiger partial charge >= 0.3 is 12.9 Å². The largest absolute Gasteiger partial charge is 0.461 e. The molecule has 22 heavy (non-hydrogen) atoms. The summed E-state index contributed by atoms with van der Waals surface area (Å²) in [5, 5.41) is 0. The number of aromatic nitrogens is 1. The van der Waals surface area contributed by atoms with E-state index in [1.165, 1.54) is 11.7 Å². The molecule has 0 bridgehead atoms. The highest BCUT2D eigenvalue weighted by atomic mass is 16.5. The summed E-state index contributed by atoms with van der Waals surface area (Å²) in [6.07, 6.45) is 1.51. The van der Waals surface area contributed by atoms with Crippen LogP contribution in [0.4, 0.5) is 0 Å². The van der Waals surface area contributed by atoms with E-state index in [1.54, 1.807) is 19.1 Å². The lowest BCUT2D eigenvalue weighted by atomic mass is 9.64. The van der Waals surface area contributed by atoms with Crippen LogP contribution in [0, 0.1) is 0 Å². The van der Waals surface area contributed by atoms with Crippen LogP contribution in [0.2, 0.25) is 6.82 Å². The molecule has 1 aliphatic heterocycles. The molecule has 1 aromatic heterocycles. The number of carbonyl (C=O) groups excluding carboxylic acids is 1. The van der Waals surface area contributed by atoms with Crippen molar-refractivity contribution in [2.24, 2.45) is 0 Å². The van der Waals surface area contributed by atoms with Crippen molar-refractivity contribution in [3.05, 3.63) is 47.8 Å². The topological polar surface area (TPSA) is 57.7 Å². The van der Waals surface area contributed by atoms with Gasteiger partial charge in [0.05, 0.1) is 19.4 Å². The smallest absolute Gasteiger partial charge is 0.356 e. The first-order valence-corrected chi connectivity index (χ1v) is 7.23. The van der Waals surface area contributed by atoms with Crippen molar-refractivity contribution >= 4 is 18.3 Å². The Bertz CT molecular complexity index is 687. The quantitative estimate of drug-likeness (QED) is 0.640. The molecular weight excluding hydrogens is 281 g/mol. The van der Waals surface area contributed by atoms with Crippen LogP contribution in [0.5, 0.6) is 11.5 Å². The summed E-state index contributed by atoms with van der Waals surface area (Å²) in [4.78, 5) is 15.6. The summed E-state index contributed by atoms with van der Waals surface area (Å²) < 4.78 is 16.2. The molecule has 2 heterocycles. The van der Waals surface area contributed by atoms with Crippen LogP contribution in [0.15, 0.2) is 36.5 Å². The van der Waals surface area contributed by atoms with E-state index in [2.05, 4.69) is 4.98 Å². The molecule has 0 unspecified atom stereocenters. The molecule has 0 spiro atoms. The number of fused-ring (bicyclic) bond motifs is 1. The van der Waals surface area contributed by atoms with Crippen LogP contribution >= 0.6 is 0 Å². The van der Waals surface area contributed by atoms with E-state index in [4.69, 9.17) is 14.1 Å². The van der Waals surface area contributed by atoms with Crippen molar-refractivity contribution in [3.8, 4) is 11.5 Å². The van der Waals surface area contributed by atoms with E-state index in [1.807, 2.05) is 25.0 Å². The SMILES string of the molecule is CCOC(=O)c1ccc(Oc2ccc3c(c2)COB3C)cn1. The summed E-state index contributed by atoms with van der Waals surface area (Å²) in [5.74, 6) is 0.861. The molecular formula is C16H16BNO4. The van der Waals surface area contributed by atoms with Gasteiger partial charge in [0.15, 0.2) is 0 Å². The van der Waals surface area contributed by atoms with Crippen LogP contribution in [-0.4, -0.2) is 24.5 Å². The van der Waals surface area contributed by atoms with Gasteiger partial charge in [0.25, 0.3) is 0 Å². The maximum absolute atomic E-state index is 11.5. The first-order chi connectivity index (χ1) is 10.7. The zero-order valence-electron chi connectivity index (χ0n) is 12.5. The van der Waals surface area contributed by atoms with Gasteiger partial charge in [-0.3, -0.25) is 0 Å². The van der Waals surface area contributed by atoms with Crippen LogP contribution in [0.3, 0.4) is 0 Å². The third-order valence-electron chi connectivity index (χ3n) is 3.50. The molecule has 0 atom stereocenters. The molecule has 0 amide bonds. The number of rotatable bonds is 4. The molecule has 0 N–H and O–H groups in total. The number of ether oxygens (including phenoxy) is 2. The monoisotopic (exact) mass is 297 g/mol. The van der Waals surface area contributed by atoms with Crippen molar-refractivity contribution < 1.29 is 18.9 Å². The van der Waals surface area contributed by atoms with E-state index in [0.29, 0.717) is 19.0 Å². The van der Waals surface area contributed by atoms with Gasteiger partial charge < -0.3 is 14.1 Å². The third kappa shape index (κ3) is 2.97. The highest BCUT2D eigenvalue weighted by molar-refractivity contribution is 6.67. The summed E-state index contributed by atoms with van der Waals surface area (Å²) in [5.41, 5.74) is 2.61. The predicted molar refractivity (Wildman–Crippen MR) is 82.8 cm³/mol. The Morgan fingerprint density at radius 1 is 1.32 bits per heavy atom. The van der Waals surface area contributed by atoms with E-state index in [9.17, 15) is 4.79 Å². The van der Waals surface area contributed by atoms with Gasteiger partial charge in [0.2, 0.25) is 0 Å². The Kier molecular flexibility index (Phi) is 4.11. The Balaban J connectivity index is 1.72. The lowest BCUT2D eigenvalue weighted by Crippen LogP contribution is -2.23. The van der Waals surface area contributed by atoms with Gasteiger partial charge in [0.1, 0.15) is 17.2 Å². The lowest BCUT2D eigenvalue weighted by Gasteiger charge is -2.08. The standard InChI is InChI=1S/C16H16BNO4/c1-3-20-16(19)15-7-5-13(9-18-15)22-12-4-6-14-11(8-12)10-21-17(14)2/h4-9H,3,10H2,1-2H3. The molecule has 112 valence electrons. The van der Waals surface area contributed by atoms with Crippen molar-refractivity contribution in [2.45, 2.75) is 20.4 Å². The average Bonchev–Trinajstić information content (AvgIpc) is 2.89. The number of benzene rings is 1. The predicted octanol–water partition coefficient (Wildman–Crippen LogP) is 2.41. The highest BCUT2D eigenvalue weighted by Gasteiger charge is 2.23. The summed E-state index contributed by atoms with van der Waals surface area (Å²) in [7, 11) is 0. The summed E-state index contributed by atoms with van der Waals surface area (Å²) in [6, 6.07) is 9.18. The second-order valence-corrected chi connectivity index (χ2v) is 5.02. The Hall–Kier alpha value is -2.34. The summed E-state index contributed by atoms with van der Waals surface area (Å²) >= 11 is 0. The first kappa shape index (κ1) is 14.6. The summed E-state index contributed by atoms with van der Waals surface area (Å²) in [6.45, 7) is 4.86. The number of nitrogens with zero attached hydrogens (tertiary/aromatic N) is 1. The van der Waals surface area contributed by atoms with E-state index in [-0.39, 0.29) is 12.6 Å². The number of esters is 1. The third-order valence-corrected chi connectivity index (χ3v) is 3.50. The maximum Gasteiger partial charge on any atom is 0.356 e. The minimum absolute atomic E-state index is 0.134. The number of carbonyl (C=O) groups is 1. The van der Waals surface area contributed by atoms with E-state index in [0.717, 1.165) is 11.3 Å². The molecule has 6 heteroatoms.